The lowest BCUT2D eigenvalue weighted by molar-refractivity contribution is -0.119. The molecule has 1 aliphatic carbocycles. The summed E-state index contributed by atoms with van der Waals surface area (Å²) in [6, 6.07) is 14.6. The average molecular weight is 477 g/mol. The van der Waals surface area contributed by atoms with Gasteiger partial charge in [0.2, 0.25) is 0 Å². The molecule has 1 amide bonds. The molecule has 0 fully saturated rings. The summed E-state index contributed by atoms with van der Waals surface area (Å²) < 4.78 is 24.0. The van der Waals surface area contributed by atoms with Gasteiger partial charge in [-0.3, -0.25) is 4.79 Å². The van der Waals surface area contributed by atoms with Crippen molar-refractivity contribution in [3.05, 3.63) is 94.3 Å². The number of esters is 1. The van der Waals surface area contributed by atoms with Crippen molar-refractivity contribution in [2.75, 3.05) is 11.9 Å². The standard InChI is InChI=1S/C26H18ClFN2O4/c27-20-13-16(28)8-10-22(20)29-23(31)14-34-26(32)24-18-5-1-2-6-21(18)30-25-15(7-9-19(24)25)12-17-4-3-11-33-17/h1-6,8,10-13H,7,9,14H2,(H,29,31)/b15-12+. The molecule has 170 valence electrons. The van der Waals surface area contributed by atoms with Crippen LogP contribution in [0.5, 0.6) is 0 Å². The summed E-state index contributed by atoms with van der Waals surface area (Å²) in [7, 11) is 0. The highest BCUT2D eigenvalue weighted by Gasteiger charge is 2.28. The molecule has 0 radical (unpaired) electrons. The summed E-state index contributed by atoms with van der Waals surface area (Å²) >= 11 is 5.94. The van der Waals surface area contributed by atoms with Gasteiger partial charge in [0.05, 0.1) is 33.7 Å². The molecular weight excluding hydrogens is 459 g/mol. The lowest BCUT2D eigenvalue weighted by Gasteiger charge is -2.13. The van der Waals surface area contributed by atoms with Crippen molar-refractivity contribution in [3.8, 4) is 0 Å². The first kappa shape index (κ1) is 21.9. The van der Waals surface area contributed by atoms with E-state index in [2.05, 4.69) is 5.32 Å². The third-order valence-electron chi connectivity index (χ3n) is 5.55. The van der Waals surface area contributed by atoms with Gasteiger partial charge in [-0.15, -0.1) is 0 Å². The molecule has 0 spiro atoms. The van der Waals surface area contributed by atoms with Gasteiger partial charge in [0, 0.05) is 5.39 Å². The van der Waals surface area contributed by atoms with E-state index in [1.807, 2.05) is 42.5 Å². The summed E-state index contributed by atoms with van der Waals surface area (Å²) in [6.07, 6.45) is 4.83. The van der Waals surface area contributed by atoms with Crippen molar-refractivity contribution in [1.82, 2.24) is 4.98 Å². The van der Waals surface area contributed by atoms with E-state index in [9.17, 15) is 14.0 Å². The average Bonchev–Trinajstić information content (AvgIpc) is 3.48. The minimum Gasteiger partial charge on any atom is -0.465 e. The first-order valence-electron chi connectivity index (χ1n) is 10.6. The summed E-state index contributed by atoms with van der Waals surface area (Å²) in [5.41, 5.74) is 3.76. The lowest BCUT2D eigenvalue weighted by atomic mass is 10.0. The van der Waals surface area contributed by atoms with E-state index >= 15 is 0 Å². The number of rotatable bonds is 5. The monoisotopic (exact) mass is 476 g/mol. The number of pyridine rings is 1. The van der Waals surface area contributed by atoms with Crippen LogP contribution in [0.4, 0.5) is 10.1 Å². The van der Waals surface area contributed by atoms with Crippen molar-refractivity contribution >= 4 is 51.7 Å². The maximum absolute atomic E-state index is 13.2. The minimum atomic E-state index is -0.616. The number of halogens is 2. The Bertz CT molecular complexity index is 1450. The molecule has 1 N–H and O–H groups in total. The van der Waals surface area contributed by atoms with Crippen molar-refractivity contribution in [3.63, 3.8) is 0 Å². The van der Waals surface area contributed by atoms with Crippen LogP contribution in [0.1, 0.15) is 33.8 Å². The number of nitrogens with zero attached hydrogens (tertiary/aromatic N) is 1. The molecule has 8 heteroatoms. The summed E-state index contributed by atoms with van der Waals surface area (Å²) in [5, 5.41) is 3.23. The Kier molecular flexibility index (Phi) is 5.86. The van der Waals surface area contributed by atoms with Crippen LogP contribution < -0.4 is 5.32 Å². The Morgan fingerprint density at radius 1 is 1.15 bits per heavy atom. The molecule has 4 aromatic rings. The quantitative estimate of drug-likeness (QED) is 0.362. The van der Waals surface area contributed by atoms with Crippen LogP contribution in [0.2, 0.25) is 5.02 Å². The Morgan fingerprint density at radius 2 is 2.00 bits per heavy atom. The number of aromatic nitrogens is 1. The molecule has 34 heavy (non-hydrogen) atoms. The molecule has 0 saturated heterocycles. The van der Waals surface area contributed by atoms with Gasteiger partial charge in [-0.05, 0) is 66.5 Å². The van der Waals surface area contributed by atoms with Gasteiger partial charge < -0.3 is 14.5 Å². The van der Waals surface area contributed by atoms with Crippen LogP contribution in [-0.2, 0) is 16.0 Å². The van der Waals surface area contributed by atoms with Gasteiger partial charge in [0.25, 0.3) is 5.91 Å². The third kappa shape index (κ3) is 4.30. The van der Waals surface area contributed by atoms with E-state index in [4.69, 9.17) is 25.7 Å². The van der Waals surface area contributed by atoms with Crippen LogP contribution in [0.25, 0.3) is 22.6 Å². The number of hydrogen-bond donors (Lipinski definition) is 1. The van der Waals surface area contributed by atoms with Crippen LogP contribution in [-0.4, -0.2) is 23.5 Å². The van der Waals surface area contributed by atoms with Gasteiger partial charge in [0.1, 0.15) is 11.6 Å². The summed E-state index contributed by atoms with van der Waals surface area (Å²) in [4.78, 5) is 30.3. The second-order valence-electron chi connectivity index (χ2n) is 7.76. The van der Waals surface area contributed by atoms with E-state index in [-0.39, 0.29) is 10.7 Å². The zero-order valence-corrected chi connectivity index (χ0v) is 18.6. The second kappa shape index (κ2) is 9.11. The smallest absolute Gasteiger partial charge is 0.339 e. The Hall–Kier alpha value is -3.97. The largest absolute Gasteiger partial charge is 0.465 e. The fourth-order valence-electron chi connectivity index (χ4n) is 4.04. The van der Waals surface area contributed by atoms with Crippen LogP contribution in [0, 0.1) is 5.82 Å². The summed E-state index contributed by atoms with van der Waals surface area (Å²) in [6.45, 7) is -0.521. The van der Waals surface area contributed by atoms with E-state index in [0.29, 0.717) is 35.1 Å². The lowest BCUT2D eigenvalue weighted by Crippen LogP contribution is -2.22. The van der Waals surface area contributed by atoms with E-state index in [1.54, 1.807) is 6.26 Å². The van der Waals surface area contributed by atoms with Gasteiger partial charge in [-0.25, -0.2) is 14.2 Å². The molecule has 0 bridgehead atoms. The normalized spacial score (nSPS) is 13.8. The zero-order chi connectivity index (χ0) is 23.7. The van der Waals surface area contributed by atoms with Crippen molar-refractivity contribution < 1.29 is 23.1 Å². The number of carbonyl (C=O) groups excluding carboxylic acids is 2. The number of hydrogen-bond acceptors (Lipinski definition) is 5. The fourth-order valence-corrected chi connectivity index (χ4v) is 4.25. The van der Waals surface area contributed by atoms with E-state index in [1.165, 1.54) is 12.1 Å². The minimum absolute atomic E-state index is 0.0495. The molecule has 6 nitrogen and oxygen atoms in total. The van der Waals surface area contributed by atoms with Gasteiger partial charge in [-0.1, -0.05) is 29.8 Å². The van der Waals surface area contributed by atoms with E-state index in [0.717, 1.165) is 22.9 Å². The van der Waals surface area contributed by atoms with E-state index < -0.39 is 24.3 Å². The predicted octanol–water partition coefficient (Wildman–Crippen LogP) is 5.90. The summed E-state index contributed by atoms with van der Waals surface area (Å²) in [5.74, 6) is -1.02. The number of fused-ring (bicyclic) bond motifs is 2. The van der Waals surface area contributed by atoms with Gasteiger partial charge in [-0.2, -0.15) is 0 Å². The highest BCUT2D eigenvalue weighted by molar-refractivity contribution is 6.33. The molecule has 0 unspecified atom stereocenters. The van der Waals surface area contributed by atoms with Crippen molar-refractivity contribution in [2.24, 2.45) is 0 Å². The number of ether oxygens (including phenoxy) is 1. The molecule has 2 heterocycles. The third-order valence-corrected chi connectivity index (χ3v) is 5.86. The number of carbonyl (C=O) groups is 2. The number of para-hydroxylation sites is 1. The number of anilines is 1. The Morgan fingerprint density at radius 3 is 2.79 bits per heavy atom. The maximum atomic E-state index is 13.2. The Balaban J connectivity index is 1.42. The number of furan rings is 1. The first-order chi connectivity index (χ1) is 16.5. The molecule has 2 aromatic heterocycles. The topological polar surface area (TPSA) is 81.4 Å². The second-order valence-corrected chi connectivity index (χ2v) is 8.17. The molecular formula is C26H18ClFN2O4. The maximum Gasteiger partial charge on any atom is 0.339 e. The molecule has 5 rings (SSSR count). The fraction of sp³-hybridized carbons (Fsp3) is 0.115. The number of allylic oxidation sites excluding steroid dienone is 1. The van der Waals surface area contributed by atoms with Crippen molar-refractivity contribution in [2.45, 2.75) is 12.8 Å². The first-order valence-corrected chi connectivity index (χ1v) is 11.0. The zero-order valence-electron chi connectivity index (χ0n) is 17.8. The van der Waals surface area contributed by atoms with Crippen LogP contribution in [0.15, 0.2) is 65.3 Å². The van der Waals surface area contributed by atoms with Crippen LogP contribution >= 0.6 is 11.6 Å². The molecule has 1 aliphatic rings. The predicted molar refractivity (Wildman–Crippen MR) is 127 cm³/mol. The number of benzene rings is 2. The number of nitrogens with one attached hydrogen (secondary N) is 1. The highest BCUT2D eigenvalue weighted by Crippen LogP contribution is 2.37. The van der Waals surface area contributed by atoms with Crippen LogP contribution in [0.3, 0.4) is 0 Å². The van der Waals surface area contributed by atoms with Crippen molar-refractivity contribution in [1.29, 1.82) is 0 Å². The van der Waals surface area contributed by atoms with Gasteiger partial charge in [0.15, 0.2) is 6.61 Å². The highest BCUT2D eigenvalue weighted by atomic mass is 35.5. The molecule has 2 aromatic carbocycles. The molecule has 0 saturated carbocycles. The Labute approximate surface area is 199 Å². The number of amides is 1. The SMILES string of the molecule is O=C(COC(=O)c1c2c(nc3ccccc13)/C(=C/c1ccco1)CC2)Nc1ccc(F)cc1Cl. The molecule has 0 aliphatic heterocycles. The molecule has 0 atom stereocenters. The van der Waals surface area contributed by atoms with Gasteiger partial charge >= 0.3 is 5.97 Å².